The van der Waals surface area contributed by atoms with E-state index in [-0.39, 0.29) is 0 Å². The molecule has 0 radical (unpaired) electrons. The topological polar surface area (TPSA) is 37.8 Å². The predicted octanol–water partition coefficient (Wildman–Crippen LogP) is 4.34. The number of hydrogen-bond donors (Lipinski definition) is 1. The van der Waals surface area contributed by atoms with Gasteiger partial charge in [-0.1, -0.05) is 30.7 Å². The summed E-state index contributed by atoms with van der Waals surface area (Å²) in [6.07, 6.45) is 1.06. The zero-order chi connectivity index (χ0) is 13.8. The van der Waals surface area contributed by atoms with Crippen molar-refractivity contribution in [3.63, 3.8) is 0 Å². The summed E-state index contributed by atoms with van der Waals surface area (Å²) in [6.45, 7) is 7.10. The lowest BCUT2D eigenvalue weighted by molar-refractivity contribution is 0.958. The summed E-state index contributed by atoms with van der Waals surface area (Å²) in [5.41, 5.74) is 3.21. The van der Waals surface area contributed by atoms with E-state index in [1.165, 1.54) is 5.56 Å². The number of anilines is 1. The maximum absolute atomic E-state index is 4.61. The van der Waals surface area contributed by atoms with Crippen molar-refractivity contribution in [3.05, 3.63) is 40.0 Å². The zero-order valence-corrected chi connectivity index (χ0v) is 13.1. The minimum atomic E-state index is 0.767. The van der Waals surface area contributed by atoms with Crippen LogP contribution >= 0.6 is 15.9 Å². The van der Waals surface area contributed by atoms with Gasteiger partial charge in [0.1, 0.15) is 5.82 Å². The van der Waals surface area contributed by atoms with Gasteiger partial charge in [-0.15, -0.1) is 0 Å². The molecule has 0 saturated heterocycles. The molecule has 0 spiro atoms. The molecule has 0 saturated carbocycles. The maximum atomic E-state index is 4.61. The minimum absolute atomic E-state index is 0.767. The Bertz CT molecular complexity index is 582. The highest BCUT2D eigenvalue weighted by Crippen LogP contribution is 2.27. The van der Waals surface area contributed by atoms with Gasteiger partial charge in [0.05, 0.1) is 10.2 Å². The SMILES string of the molecule is CCCNc1nc(-c2cccc(C)c2)nc(C)c1Br. The molecule has 2 aromatic rings. The van der Waals surface area contributed by atoms with Crippen molar-refractivity contribution in [2.24, 2.45) is 0 Å². The second kappa shape index (κ2) is 6.15. The number of aromatic nitrogens is 2. The predicted molar refractivity (Wildman–Crippen MR) is 83.4 cm³/mol. The molecule has 100 valence electrons. The van der Waals surface area contributed by atoms with Crippen LogP contribution < -0.4 is 5.32 Å². The lowest BCUT2D eigenvalue weighted by Gasteiger charge is -2.11. The van der Waals surface area contributed by atoms with E-state index in [0.29, 0.717) is 0 Å². The summed E-state index contributed by atoms with van der Waals surface area (Å²) in [4.78, 5) is 9.17. The van der Waals surface area contributed by atoms with Gasteiger partial charge >= 0.3 is 0 Å². The van der Waals surface area contributed by atoms with Crippen molar-refractivity contribution in [3.8, 4) is 11.4 Å². The first-order valence-electron chi connectivity index (χ1n) is 6.47. The summed E-state index contributed by atoms with van der Waals surface area (Å²) in [7, 11) is 0. The molecular formula is C15H18BrN3. The van der Waals surface area contributed by atoms with Crippen LogP contribution in [-0.4, -0.2) is 16.5 Å². The Morgan fingerprint density at radius 2 is 2.00 bits per heavy atom. The van der Waals surface area contributed by atoms with Crippen LogP contribution in [0.3, 0.4) is 0 Å². The standard InChI is InChI=1S/C15H18BrN3/c1-4-8-17-15-13(16)11(3)18-14(19-15)12-7-5-6-10(2)9-12/h5-7,9H,4,8H2,1-3H3,(H,17,18,19). The first-order valence-corrected chi connectivity index (χ1v) is 7.26. The number of nitrogens with zero attached hydrogens (tertiary/aromatic N) is 2. The summed E-state index contributed by atoms with van der Waals surface area (Å²) < 4.78 is 0.942. The van der Waals surface area contributed by atoms with E-state index in [1.54, 1.807) is 0 Å². The molecule has 0 unspecified atom stereocenters. The smallest absolute Gasteiger partial charge is 0.161 e. The molecule has 19 heavy (non-hydrogen) atoms. The fraction of sp³-hybridized carbons (Fsp3) is 0.333. The molecule has 0 bridgehead atoms. The molecule has 1 aromatic heterocycles. The third-order valence-electron chi connectivity index (χ3n) is 2.84. The molecule has 2 rings (SSSR count). The van der Waals surface area contributed by atoms with Crippen LogP contribution in [0.5, 0.6) is 0 Å². The first-order chi connectivity index (χ1) is 9.11. The highest BCUT2D eigenvalue weighted by molar-refractivity contribution is 9.10. The summed E-state index contributed by atoms with van der Waals surface area (Å²) in [5, 5.41) is 3.33. The van der Waals surface area contributed by atoms with Crippen molar-refractivity contribution >= 4 is 21.7 Å². The normalized spacial score (nSPS) is 10.5. The monoisotopic (exact) mass is 319 g/mol. The van der Waals surface area contributed by atoms with Crippen LogP contribution in [-0.2, 0) is 0 Å². The molecule has 1 heterocycles. The van der Waals surface area contributed by atoms with E-state index in [0.717, 1.165) is 40.3 Å². The Labute approximate surface area is 122 Å². The molecule has 4 heteroatoms. The summed E-state index contributed by atoms with van der Waals surface area (Å²) >= 11 is 3.54. The molecule has 0 fully saturated rings. The van der Waals surface area contributed by atoms with E-state index in [1.807, 2.05) is 19.1 Å². The van der Waals surface area contributed by atoms with E-state index >= 15 is 0 Å². The highest BCUT2D eigenvalue weighted by atomic mass is 79.9. The number of nitrogens with one attached hydrogen (secondary N) is 1. The van der Waals surface area contributed by atoms with Crippen molar-refractivity contribution in [2.45, 2.75) is 27.2 Å². The number of rotatable bonds is 4. The fourth-order valence-corrected chi connectivity index (χ4v) is 2.15. The van der Waals surface area contributed by atoms with Crippen LogP contribution in [0.15, 0.2) is 28.7 Å². The zero-order valence-electron chi connectivity index (χ0n) is 11.5. The van der Waals surface area contributed by atoms with Crippen molar-refractivity contribution in [1.82, 2.24) is 9.97 Å². The second-order valence-corrected chi connectivity index (χ2v) is 5.38. The van der Waals surface area contributed by atoms with Crippen molar-refractivity contribution < 1.29 is 0 Å². The number of aryl methyl sites for hydroxylation is 2. The van der Waals surface area contributed by atoms with E-state index in [9.17, 15) is 0 Å². The molecule has 3 nitrogen and oxygen atoms in total. The van der Waals surface area contributed by atoms with Crippen LogP contribution in [0, 0.1) is 13.8 Å². The largest absolute Gasteiger partial charge is 0.369 e. The van der Waals surface area contributed by atoms with Crippen LogP contribution in [0.4, 0.5) is 5.82 Å². The molecule has 1 N–H and O–H groups in total. The lowest BCUT2D eigenvalue weighted by atomic mass is 10.1. The Kier molecular flexibility index (Phi) is 4.53. The van der Waals surface area contributed by atoms with Crippen molar-refractivity contribution in [1.29, 1.82) is 0 Å². The van der Waals surface area contributed by atoms with Gasteiger partial charge in [-0.3, -0.25) is 0 Å². The molecule has 0 atom stereocenters. The van der Waals surface area contributed by atoms with Crippen LogP contribution in [0.1, 0.15) is 24.6 Å². The molecule has 0 aliphatic heterocycles. The van der Waals surface area contributed by atoms with Crippen LogP contribution in [0.25, 0.3) is 11.4 Å². The Balaban J connectivity index is 2.44. The fourth-order valence-electron chi connectivity index (χ4n) is 1.83. The van der Waals surface area contributed by atoms with Gasteiger partial charge in [-0.05, 0) is 42.3 Å². The Morgan fingerprint density at radius 1 is 1.21 bits per heavy atom. The minimum Gasteiger partial charge on any atom is -0.369 e. The second-order valence-electron chi connectivity index (χ2n) is 4.59. The quantitative estimate of drug-likeness (QED) is 0.910. The lowest BCUT2D eigenvalue weighted by Crippen LogP contribution is -2.06. The summed E-state index contributed by atoms with van der Waals surface area (Å²) in [6, 6.07) is 8.25. The number of benzene rings is 1. The Morgan fingerprint density at radius 3 is 2.68 bits per heavy atom. The van der Waals surface area contributed by atoms with E-state index in [4.69, 9.17) is 0 Å². The molecule has 0 aliphatic carbocycles. The van der Waals surface area contributed by atoms with Crippen molar-refractivity contribution in [2.75, 3.05) is 11.9 Å². The third kappa shape index (κ3) is 3.32. The van der Waals surface area contributed by atoms with Gasteiger partial charge in [0.25, 0.3) is 0 Å². The van der Waals surface area contributed by atoms with E-state index in [2.05, 4.69) is 57.2 Å². The first kappa shape index (κ1) is 14.0. The number of hydrogen-bond acceptors (Lipinski definition) is 3. The van der Waals surface area contributed by atoms with Gasteiger partial charge in [-0.2, -0.15) is 0 Å². The van der Waals surface area contributed by atoms with Gasteiger partial charge in [-0.25, -0.2) is 9.97 Å². The van der Waals surface area contributed by atoms with Gasteiger partial charge in [0, 0.05) is 12.1 Å². The molecular weight excluding hydrogens is 302 g/mol. The third-order valence-corrected chi connectivity index (χ3v) is 3.78. The average Bonchev–Trinajstić information content (AvgIpc) is 2.40. The summed E-state index contributed by atoms with van der Waals surface area (Å²) in [5.74, 6) is 1.63. The maximum Gasteiger partial charge on any atom is 0.161 e. The number of halogens is 1. The van der Waals surface area contributed by atoms with Gasteiger partial charge < -0.3 is 5.32 Å². The van der Waals surface area contributed by atoms with E-state index < -0.39 is 0 Å². The molecule has 0 aliphatic rings. The highest BCUT2D eigenvalue weighted by Gasteiger charge is 2.10. The van der Waals surface area contributed by atoms with Gasteiger partial charge in [0.15, 0.2) is 5.82 Å². The average molecular weight is 320 g/mol. The van der Waals surface area contributed by atoms with Crippen LogP contribution in [0.2, 0.25) is 0 Å². The molecule has 0 amide bonds. The Hall–Kier alpha value is -1.42. The van der Waals surface area contributed by atoms with Gasteiger partial charge in [0.2, 0.25) is 0 Å². The molecule has 1 aromatic carbocycles.